The molecule has 3 N–H and O–H groups in total. The molecule has 1 fully saturated rings. The highest BCUT2D eigenvalue weighted by Crippen LogP contribution is 2.27. The molecule has 1 aliphatic rings. The fourth-order valence-electron chi connectivity index (χ4n) is 4.28. The first-order chi connectivity index (χ1) is 16.3. The van der Waals surface area contributed by atoms with E-state index in [1.54, 1.807) is 13.0 Å². The molecule has 2 amide bonds. The van der Waals surface area contributed by atoms with Gasteiger partial charge in [0.15, 0.2) is 0 Å². The summed E-state index contributed by atoms with van der Waals surface area (Å²) in [4.78, 5) is 34.3. The number of urea groups is 1. The molecule has 10 nitrogen and oxygen atoms in total. The lowest BCUT2D eigenvalue weighted by atomic mass is 9.91. The van der Waals surface area contributed by atoms with Gasteiger partial charge >= 0.3 is 6.03 Å². The number of rotatable bonds is 6. The van der Waals surface area contributed by atoms with Gasteiger partial charge in [-0.1, -0.05) is 12.1 Å². The van der Waals surface area contributed by atoms with E-state index in [-0.39, 0.29) is 23.8 Å². The molecular formula is C24H29N7O3. The van der Waals surface area contributed by atoms with E-state index in [1.807, 2.05) is 43.3 Å². The summed E-state index contributed by atoms with van der Waals surface area (Å²) in [5.74, 6) is 1.49. The normalized spacial score (nSPS) is 17.7. The van der Waals surface area contributed by atoms with Gasteiger partial charge in [-0.2, -0.15) is 4.98 Å². The maximum absolute atomic E-state index is 12.5. The summed E-state index contributed by atoms with van der Waals surface area (Å²) < 4.78 is 0. The maximum atomic E-state index is 12.5. The van der Waals surface area contributed by atoms with Gasteiger partial charge < -0.3 is 20.9 Å². The summed E-state index contributed by atoms with van der Waals surface area (Å²) in [7, 11) is 3.94. The number of amides is 2. The molecule has 1 aliphatic carbocycles. The van der Waals surface area contributed by atoms with Gasteiger partial charge in [-0.05, 0) is 56.4 Å². The monoisotopic (exact) mass is 463 g/mol. The van der Waals surface area contributed by atoms with E-state index in [0.29, 0.717) is 17.2 Å². The number of anilines is 3. The van der Waals surface area contributed by atoms with Gasteiger partial charge in [-0.15, -0.1) is 0 Å². The molecule has 4 rings (SSSR count). The number of carbonyl (C=O) groups is 1. The minimum Gasteiger partial charge on any atom is -0.362 e. The summed E-state index contributed by atoms with van der Waals surface area (Å²) in [5, 5.41) is 21.2. The number of nitro benzene ring substituents is 1. The average Bonchev–Trinajstić information content (AvgIpc) is 2.81. The van der Waals surface area contributed by atoms with Crippen LogP contribution in [-0.2, 0) is 0 Å². The number of para-hydroxylation sites is 1. The van der Waals surface area contributed by atoms with Crippen LogP contribution in [0.25, 0.3) is 10.9 Å². The second-order valence-corrected chi connectivity index (χ2v) is 8.83. The van der Waals surface area contributed by atoms with Gasteiger partial charge in [0, 0.05) is 49.4 Å². The SMILES string of the molecule is Cc1cc([N+](=O)[O-])ccc1NC(=O)NC1CCC(Nc2nc(N(C)C)c3ccccc3n2)CC1. The number of aryl methyl sites for hydroxylation is 1. The van der Waals surface area contributed by atoms with Gasteiger partial charge in [0.05, 0.1) is 10.4 Å². The largest absolute Gasteiger partial charge is 0.362 e. The van der Waals surface area contributed by atoms with Crippen molar-refractivity contribution in [2.75, 3.05) is 29.6 Å². The number of hydrogen-bond acceptors (Lipinski definition) is 7. The first-order valence-electron chi connectivity index (χ1n) is 11.3. The van der Waals surface area contributed by atoms with Crippen LogP contribution in [-0.4, -0.2) is 47.1 Å². The van der Waals surface area contributed by atoms with Gasteiger partial charge in [-0.3, -0.25) is 10.1 Å². The molecule has 0 saturated heterocycles. The van der Waals surface area contributed by atoms with Crippen molar-refractivity contribution in [3.05, 3.63) is 58.1 Å². The van der Waals surface area contributed by atoms with Gasteiger partial charge in [0.25, 0.3) is 5.69 Å². The minimum atomic E-state index is -0.451. The number of nitrogens with zero attached hydrogens (tertiary/aromatic N) is 4. The number of carbonyl (C=O) groups excluding carboxylic acids is 1. The quantitative estimate of drug-likeness (QED) is 0.364. The van der Waals surface area contributed by atoms with Crippen LogP contribution in [0.5, 0.6) is 0 Å². The summed E-state index contributed by atoms with van der Waals surface area (Å²) >= 11 is 0. The van der Waals surface area contributed by atoms with Crippen LogP contribution in [0.2, 0.25) is 0 Å². The molecule has 0 atom stereocenters. The third-order valence-electron chi connectivity index (χ3n) is 6.07. The van der Waals surface area contributed by atoms with Crippen LogP contribution in [0.1, 0.15) is 31.2 Å². The standard InChI is InChI=1S/C24H29N7O3/c1-15-14-18(31(33)34)12-13-20(15)28-24(32)26-17-10-8-16(9-11-17)25-23-27-21-7-5-4-6-19(21)22(29-23)30(2)3/h4-7,12-14,16-17H,8-11H2,1-3H3,(H,25,27,29)(H2,26,28,32). The molecule has 3 aromatic rings. The van der Waals surface area contributed by atoms with Crippen LogP contribution < -0.4 is 20.9 Å². The number of nitro groups is 1. The first kappa shape index (κ1) is 23.2. The molecule has 1 aromatic heterocycles. The molecule has 178 valence electrons. The van der Waals surface area contributed by atoms with Crippen molar-refractivity contribution in [1.29, 1.82) is 0 Å². The fourth-order valence-corrected chi connectivity index (χ4v) is 4.28. The highest BCUT2D eigenvalue weighted by Gasteiger charge is 2.24. The van der Waals surface area contributed by atoms with E-state index in [4.69, 9.17) is 4.98 Å². The fraction of sp³-hybridized carbons (Fsp3) is 0.375. The third-order valence-corrected chi connectivity index (χ3v) is 6.07. The van der Waals surface area contributed by atoms with Crippen molar-refractivity contribution in [3.8, 4) is 0 Å². The van der Waals surface area contributed by atoms with Crippen LogP contribution in [0.4, 0.5) is 27.9 Å². The Hall–Kier alpha value is -3.95. The van der Waals surface area contributed by atoms with E-state index in [9.17, 15) is 14.9 Å². The highest BCUT2D eigenvalue weighted by atomic mass is 16.6. The predicted molar refractivity (Wildman–Crippen MR) is 134 cm³/mol. The highest BCUT2D eigenvalue weighted by molar-refractivity contribution is 5.91. The Morgan fingerprint density at radius 3 is 2.44 bits per heavy atom. The van der Waals surface area contributed by atoms with Crippen molar-refractivity contribution in [2.45, 2.75) is 44.7 Å². The van der Waals surface area contributed by atoms with Crippen LogP contribution >= 0.6 is 0 Å². The molecule has 1 saturated carbocycles. The molecule has 0 spiro atoms. The smallest absolute Gasteiger partial charge is 0.319 e. The number of hydrogen-bond donors (Lipinski definition) is 3. The lowest BCUT2D eigenvalue weighted by molar-refractivity contribution is -0.384. The zero-order valence-electron chi connectivity index (χ0n) is 19.5. The molecule has 0 unspecified atom stereocenters. The van der Waals surface area contributed by atoms with Gasteiger partial charge in [0.1, 0.15) is 5.82 Å². The minimum absolute atomic E-state index is 0.00220. The van der Waals surface area contributed by atoms with Gasteiger partial charge in [0.2, 0.25) is 5.95 Å². The van der Waals surface area contributed by atoms with Crippen LogP contribution in [0.3, 0.4) is 0 Å². The Kier molecular flexibility index (Phi) is 6.76. The van der Waals surface area contributed by atoms with E-state index in [1.165, 1.54) is 12.1 Å². The Bertz CT molecular complexity index is 1210. The number of aromatic nitrogens is 2. The van der Waals surface area contributed by atoms with Crippen molar-refractivity contribution >= 4 is 40.1 Å². The number of non-ortho nitro benzene ring substituents is 1. The van der Waals surface area contributed by atoms with Crippen molar-refractivity contribution < 1.29 is 9.72 Å². The summed E-state index contributed by atoms with van der Waals surface area (Å²) in [6.45, 7) is 1.73. The van der Waals surface area contributed by atoms with E-state index < -0.39 is 4.92 Å². The number of benzene rings is 2. The third kappa shape index (κ3) is 5.33. The molecule has 10 heteroatoms. The Morgan fingerprint density at radius 2 is 1.76 bits per heavy atom. The number of nitrogens with one attached hydrogen (secondary N) is 3. The lowest BCUT2D eigenvalue weighted by Gasteiger charge is -2.30. The van der Waals surface area contributed by atoms with Crippen molar-refractivity contribution in [2.24, 2.45) is 0 Å². The Morgan fingerprint density at radius 1 is 1.06 bits per heavy atom. The summed E-state index contributed by atoms with van der Waals surface area (Å²) in [6, 6.07) is 12.3. The predicted octanol–water partition coefficient (Wildman–Crippen LogP) is 4.46. The Balaban J connectivity index is 1.32. The molecule has 2 aromatic carbocycles. The summed E-state index contributed by atoms with van der Waals surface area (Å²) in [5.41, 5.74) is 2.10. The molecule has 0 bridgehead atoms. The molecule has 0 aliphatic heterocycles. The topological polar surface area (TPSA) is 125 Å². The molecule has 1 heterocycles. The van der Waals surface area contributed by atoms with Crippen molar-refractivity contribution in [1.82, 2.24) is 15.3 Å². The van der Waals surface area contributed by atoms with Crippen LogP contribution in [0, 0.1) is 17.0 Å². The van der Waals surface area contributed by atoms with Crippen molar-refractivity contribution in [3.63, 3.8) is 0 Å². The van der Waals surface area contributed by atoms with Crippen LogP contribution in [0.15, 0.2) is 42.5 Å². The lowest BCUT2D eigenvalue weighted by Crippen LogP contribution is -2.42. The second-order valence-electron chi connectivity index (χ2n) is 8.83. The van der Waals surface area contributed by atoms with E-state index >= 15 is 0 Å². The first-order valence-corrected chi connectivity index (χ1v) is 11.3. The average molecular weight is 464 g/mol. The zero-order chi connectivity index (χ0) is 24.2. The van der Waals surface area contributed by atoms with E-state index in [0.717, 1.165) is 42.4 Å². The molecule has 0 radical (unpaired) electrons. The summed E-state index contributed by atoms with van der Waals surface area (Å²) in [6.07, 6.45) is 3.43. The zero-order valence-corrected chi connectivity index (χ0v) is 19.5. The van der Waals surface area contributed by atoms with Gasteiger partial charge in [-0.25, -0.2) is 9.78 Å². The second kappa shape index (κ2) is 9.90. The Labute approximate surface area is 197 Å². The van der Waals surface area contributed by atoms with E-state index in [2.05, 4.69) is 20.9 Å². The maximum Gasteiger partial charge on any atom is 0.319 e. The molecule has 34 heavy (non-hydrogen) atoms. The molecular weight excluding hydrogens is 434 g/mol. The number of fused-ring (bicyclic) bond motifs is 1.